The summed E-state index contributed by atoms with van der Waals surface area (Å²) in [5, 5.41) is 19.5. The molecule has 5 N–H and O–H groups in total. The summed E-state index contributed by atoms with van der Waals surface area (Å²) in [7, 11) is 0. The van der Waals surface area contributed by atoms with E-state index in [1.165, 1.54) is 0 Å². The number of fused-ring (bicyclic) bond motifs is 1. The number of carbonyl (C=O) groups excluding carboxylic acids is 1. The van der Waals surface area contributed by atoms with Gasteiger partial charge in [-0.2, -0.15) is 0 Å². The van der Waals surface area contributed by atoms with Crippen molar-refractivity contribution in [2.75, 3.05) is 10.6 Å². The van der Waals surface area contributed by atoms with Crippen LogP contribution in [0.25, 0.3) is 22.2 Å². The SMILES string of the molecule is C/C=C(\C=N)C(=O)Nc1cccc(-n2nc(Nc3ccc(C(=C/N)/C=N/PI)cc3)c3ccccc32)c1.CC. The quantitative estimate of drug-likeness (QED) is 0.0643. The number of halogens is 1. The molecule has 4 aromatic rings. The average molecular weight is 651 g/mol. The average Bonchev–Trinajstić information content (AvgIpc) is 3.34. The number of hydrogen-bond acceptors (Lipinski definition) is 6. The molecule has 0 aliphatic rings. The molecule has 1 unspecified atom stereocenters. The molecule has 0 fully saturated rings. The summed E-state index contributed by atoms with van der Waals surface area (Å²) in [6.07, 6.45) is 6.42. The van der Waals surface area contributed by atoms with Gasteiger partial charge in [-0.25, -0.2) is 4.68 Å². The van der Waals surface area contributed by atoms with E-state index in [1.54, 1.807) is 31.5 Å². The van der Waals surface area contributed by atoms with Crippen molar-refractivity contribution >= 4 is 80.4 Å². The third-order valence-electron chi connectivity index (χ3n) is 5.58. The molecule has 1 atom stereocenters. The second-order valence-electron chi connectivity index (χ2n) is 7.84. The Kier molecular flexibility index (Phi) is 11.4. The lowest BCUT2D eigenvalue weighted by molar-refractivity contribution is -0.112. The zero-order valence-corrected chi connectivity index (χ0v) is 25.1. The second-order valence-corrected chi connectivity index (χ2v) is 9.71. The summed E-state index contributed by atoms with van der Waals surface area (Å²) in [5.74, 6) is 0.374. The molecule has 0 aliphatic carbocycles. The number of nitrogens with zero attached hydrogens (tertiary/aromatic N) is 3. The molecule has 8 nitrogen and oxygen atoms in total. The zero-order chi connectivity index (χ0) is 28.2. The molecule has 1 heterocycles. The normalized spacial score (nSPS) is 12.0. The van der Waals surface area contributed by atoms with Crippen molar-refractivity contribution in [1.82, 2.24) is 9.78 Å². The smallest absolute Gasteiger partial charge is 0.256 e. The predicted octanol–water partition coefficient (Wildman–Crippen LogP) is 7.64. The molecule has 0 saturated heterocycles. The number of para-hydroxylation sites is 1. The van der Waals surface area contributed by atoms with E-state index in [9.17, 15) is 4.79 Å². The number of nitrogens with two attached hydrogens (primary N) is 1. The van der Waals surface area contributed by atoms with Gasteiger partial charge in [0.1, 0.15) is 0 Å². The number of carbonyl (C=O) groups is 1. The number of nitrogens with one attached hydrogen (secondary N) is 3. The first-order valence-corrected chi connectivity index (χ1v) is 16.4. The molecular formula is C29H31IN7OP. The van der Waals surface area contributed by atoms with Gasteiger partial charge in [0.05, 0.1) is 23.2 Å². The Morgan fingerprint density at radius 3 is 2.49 bits per heavy atom. The van der Waals surface area contributed by atoms with E-state index in [1.807, 2.05) is 85.3 Å². The Labute approximate surface area is 243 Å². The van der Waals surface area contributed by atoms with Gasteiger partial charge in [0.15, 0.2) is 5.82 Å². The number of amides is 1. The summed E-state index contributed by atoms with van der Waals surface area (Å²) in [6.45, 7) is 5.73. The third kappa shape index (κ3) is 7.40. The maximum absolute atomic E-state index is 12.4. The van der Waals surface area contributed by atoms with Gasteiger partial charge in [-0.15, -0.1) is 5.10 Å². The van der Waals surface area contributed by atoms with Crippen LogP contribution in [0, 0.1) is 5.41 Å². The highest BCUT2D eigenvalue weighted by Gasteiger charge is 2.13. The van der Waals surface area contributed by atoms with Crippen molar-refractivity contribution < 1.29 is 4.79 Å². The van der Waals surface area contributed by atoms with Gasteiger partial charge in [0, 0.05) is 41.0 Å². The van der Waals surface area contributed by atoms with Crippen LogP contribution in [-0.4, -0.2) is 28.1 Å². The summed E-state index contributed by atoms with van der Waals surface area (Å²) >= 11 is 2.21. The van der Waals surface area contributed by atoms with Gasteiger partial charge in [-0.3, -0.25) is 9.56 Å². The van der Waals surface area contributed by atoms with E-state index in [-0.39, 0.29) is 5.91 Å². The number of rotatable bonds is 9. The summed E-state index contributed by atoms with van der Waals surface area (Å²) in [4.78, 5) is 12.4. The second kappa shape index (κ2) is 14.9. The molecule has 0 radical (unpaired) electrons. The molecule has 1 aromatic heterocycles. The minimum atomic E-state index is -0.334. The number of hydrogen-bond donors (Lipinski definition) is 4. The van der Waals surface area contributed by atoms with E-state index in [0.717, 1.165) is 39.6 Å². The summed E-state index contributed by atoms with van der Waals surface area (Å²) in [6, 6.07) is 23.3. The maximum Gasteiger partial charge on any atom is 0.256 e. The van der Waals surface area contributed by atoms with Crippen molar-refractivity contribution in [1.29, 1.82) is 5.41 Å². The van der Waals surface area contributed by atoms with E-state index in [2.05, 4.69) is 37.4 Å². The van der Waals surface area contributed by atoms with Crippen molar-refractivity contribution in [3.05, 3.63) is 96.2 Å². The van der Waals surface area contributed by atoms with Crippen LogP contribution >= 0.6 is 28.4 Å². The minimum absolute atomic E-state index is 0.291. The molecule has 0 aliphatic heterocycles. The standard InChI is InChI=1S/C27H25IN7OP.C2H6/c1-2-18(15-29)27(36)33-22-6-5-7-23(14-22)35-25-9-4-3-8-24(25)26(34-35)32-21-12-10-19(11-13-21)20(16-30)17-31-37-28;1-2/h2-17,29,37H,30H2,1H3,(H,32,34)(H,33,36);1-2H3/b18-2+,20-16+,29-15?,31-17+;. The Morgan fingerprint density at radius 1 is 1.08 bits per heavy atom. The molecule has 3 aromatic carbocycles. The molecule has 0 spiro atoms. The fourth-order valence-corrected chi connectivity index (χ4v) is 4.35. The first-order valence-electron chi connectivity index (χ1n) is 12.3. The topological polar surface area (TPSA) is 121 Å². The van der Waals surface area contributed by atoms with E-state index < -0.39 is 0 Å². The van der Waals surface area contributed by atoms with E-state index >= 15 is 0 Å². The van der Waals surface area contributed by atoms with Crippen molar-refractivity contribution in [2.24, 2.45) is 10.5 Å². The van der Waals surface area contributed by atoms with Crippen LogP contribution in [0.3, 0.4) is 0 Å². The maximum atomic E-state index is 12.4. The largest absolute Gasteiger partial charge is 0.404 e. The van der Waals surface area contributed by atoms with Crippen LogP contribution in [0.5, 0.6) is 0 Å². The van der Waals surface area contributed by atoms with E-state index in [4.69, 9.17) is 16.2 Å². The van der Waals surface area contributed by atoms with Gasteiger partial charge >= 0.3 is 0 Å². The van der Waals surface area contributed by atoms with Crippen molar-refractivity contribution in [3.8, 4) is 5.69 Å². The van der Waals surface area contributed by atoms with Crippen LogP contribution < -0.4 is 16.4 Å². The zero-order valence-electron chi connectivity index (χ0n) is 21.9. The monoisotopic (exact) mass is 651 g/mol. The van der Waals surface area contributed by atoms with Gasteiger partial charge < -0.3 is 21.8 Å². The third-order valence-corrected chi connectivity index (χ3v) is 6.64. The van der Waals surface area contributed by atoms with Crippen LogP contribution in [-0.2, 0) is 4.79 Å². The Morgan fingerprint density at radius 2 is 1.82 bits per heavy atom. The van der Waals surface area contributed by atoms with Gasteiger partial charge in [-0.1, -0.05) is 50.3 Å². The fourth-order valence-electron chi connectivity index (χ4n) is 3.74. The first kappa shape index (κ1) is 29.7. The lowest BCUT2D eigenvalue weighted by Gasteiger charge is -2.09. The van der Waals surface area contributed by atoms with Gasteiger partial charge in [0.2, 0.25) is 0 Å². The Hall–Kier alpha value is -3.82. The molecule has 0 bridgehead atoms. The summed E-state index contributed by atoms with van der Waals surface area (Å²) < 4.78 is 6.13. The molecule has 0 saturated carbocycles. The molecule has 4 rings (SSSR count). The molecular weight excluding hydrogens is 620 g/mol. The Bertz CT molecular complexity index is 1520. The first-order chi connectivity index (χ1) is 19.1. The highest BCUT2D eigenvalue weighted by Crippen LogP contribution is 2.29. The summed E-state index contributed by atoms with van der Waals surface area (Å²) in [5.41, 5.74) is 11.1. The van der Waals surface area contributed by atoms with Crippen molar-refractivity contribution in [3.63, 3.8) is 0 Å². The number of allylic oxidation sites excluding steroid dienone is 2. The van der Waals surface area contributed by atoms with E-state index in [0.29, 0.717) is 23.5 Å². The molecule has 10 heteroatoms. The van der Waals surface area contributed by atoms with Gasteiger partial charge in [0.25, 0.3) is 5.91 Å². The predicted molar refractivity (Wildman–Crippen MR) is 176 cm³/mol. The number of benzene rings is 3. The minimum Gasteiger partial charge on any atom is -0.404 e. The van der Waals surface area contributed by atoms with Crippen molar-refractivity contribution in [2.45, 2.75) is 20.8 Å². The van der Waals surface area contributed by atoms with Gasteiger partial charge in [-0.05, 0) is 77.0 Å². The number of aromatic nitrogens is 2. The molecule has 39 heavy (non-hydrogen) atoms. The lowest BCUT2D eigenvalue weighted by atomic mass is 10.1. The molecule has 1 amide bonds. The van der Waals surface area contributed by atoms with Crippen LogP contribution in [0.4, 0.5) is 17.2 Å². The fraction of sp³-hybridized carbons (Fsp3) is 0.103. The number of anilines is 3. The highest BCUT2D eigenvalue weighted by molar-refractivity contribution is 14.2. The highest BCUT2D eigenvalue weighted by atomic mass is 127. The Balaban J connectivity index is 0.00000205. The molecule has 200 valence electrons. The van der Waals surface area contributed by atoms with Crippen LogP contribution in [0.15, 0.2) is 95.4 Å². The van der Waals surface area contributed by atoms with Crippen LogP contribution in [0.1, 0.15) is 26.3 Å². The van der Waals surface area contributed by atoms with Crippen LogP contribution in [0.2, 0.25) is 0 Å². The lowest BCUT2D eigenvalue weighted by Crippen LogP contribution is -2.15.